The van der Waals surface area contributed by atoms with Crippen molar-refractivity contribution >= 4 is 23.2 Å². The van der Waals surface area contributed by atoms with E-state index in [1.807, 2.05) is 0 Å². The summed E-state index contributed by atoms with van der Waals surface area (Å²) in [7, 11) is 3.96. The number of halogens is 3. The number of Topliss-reactive ketones (excluding diaryl/α,β-unsaturated/α-hetero) is 1. The summed E-state index contributed by atoms with van der Waals surface area (Å²) < 4.78 is 57.5. The minimum absolute atomic E-state index is 0.0111. The first-order chi connectivity index (χ1) is 14.6. The van der Waals surface area contributed by atoms with E-state index in [1.165, 1.54) is 56.3 Å². The van der Waals surface area contributed by atoms with Crippen LogP contribution in [0, 0.1) is 5.92 Å². The predicted octanol–water partition coefficient (Wildman–Crippen LogP) is 2.88. The van der Waals surface area contributed by atoms with Gasteiger partial charge in [-0.15, -0.1) is 11.3 Å². The second kappa shape index (κ2) is 8.27. The molecule has 0 spiro atoms. The Labute approximate surface area is 178 Å². The number of aliphatic hydroxyl groups is 1. The lowest BCUT2D eigenvalue weighted by Gasteiger charge is -2.45. The van der Waals surface area contributed by atoms with Crippen LogP contribution in [0.5, 0.6) is 17.2 Å². The van der Waals surface area contributed by atoms with Gasteiger partial charge in [0.05, 0.1) is 32.2 Å². The van der Waals surface area contributed by atoms with E-state index in [9.17, 15) is 27.9 Å². The van der Waals surface area contributed by atoms with Crippen LogP contribution in [0.15, 0.2) is 29.6 Å². The van der Waals surface area contributed by atoms with E-state index < -0.39 is 35.7 Å². The quantitative estimate of drug-likeness (QED) is 0.573. The number of benzene rings is 1. The SMILES string of the molecule is COc1cc([C@H]2NC(=O)N[C@@](O)(C(F)(F)F)[C@@H]2C(=O)c2cccs2)cc(OC)c1OC. The van der Waals surface area contributed by atoms with Crippen molar-refractivity contribution in [2.45, 2.75) is 17.9 Å². The van der Waals surface area contributed by atoms with Gasteiger partial charge in [0.2, 0.25) is 11.5 Å². The number of ether oxygens (including phenoxy) is 3. The fourth-order valence-corrected chi connectivity index (χ4v) is 4.17. The summed E-state index contributed by atoms with van der Waals surface area (Å²) in [5, 5.41) is 15.9. The number of urea groups is 1. The first-order valence-electron chi connectivity index (χ1n) is 8.82. The maximum absolute atomic E-state index is 13.9. The summed E-state index contributed by atoms with van der Waals surface area (Å²) in [5.41, 5.74) is -3.77. The number of carbonyl (C=O) groups is 2. The molecular weight excluding hydrogens is 441 g/mol. The van der Waals surface area contributed by atoms with Crippen molar-refractivity contribution in [3.63, 3.8) is 0 Å². The van der Waals surface area contributed by atoms with E-state index in [4.69, 9.17) is 14.2 Å². The molecule has 2 heterocycles. The number of hydrogen-bond acceptors (Lipinski definition) is 7. The topological polar surface area (TPSA) is 106 Å². The maximum Gasteiger partial charge on any atom is 0.437 e. The fourth-order valence-electron chi connectivity index (χ4n) is 3.47. The minimum Gasteiger partial charge on any atom is -0.493 e. The molecule has 3 N–H and O–H groups in total. The molecule has 2 aromatic rings. The van der Waals surface area contributed by atoms with Crippen molar-refractivity contribution in [1.29, 1.82) is 0 Å². The van der Waals surface area contributed by atoms with E-state index in [0.29, 0.717) is 0 Å². The monoisotopic (exact) mass is 460 g/mol. The first-order valence-corrected chi connectivity index (χ1v) is 9.70. The average molecular weight is 460 g/mol. The Balaban J connectivity index is 2.23. The first kappa shape index (κ1) is 22.7. The van der Waals surface area contributed by atoms with Crippen LogP contribution in [0.25, 0.3) is 0 Å². The number of methoxy groups -OCH3 is 3. The molecule has 0 aliphatic carbocycles. The molecule has 2 amide bonds. The summed E-state index contributed by atoms with van der Waals surface area (Å²) in [6.45, 7) is 0. The molecule has 168 valence electrons. The number of nitrogens with one attached hydrogen (secondary N) is 2. The van der Waals surface area contributed by atoms with Crippen molar-refractivity contribution in [1.82, 2.24) is 10.6 Å². The molecule has 0 radical (unpaired) electrons. The molecule has 8 nitrogen and oxygen atoms in total. The third-order valence-corrected chi connectivity index (χ3v) is 5.78. The molecule has 1 aromatic heterocycles. The standard InChI is InChI=1S/C19H19F3N2O6S/c1-28-10-7-9(8-11(29-2)16(10)30-3)14-13(15(25)12-5-4-6-31-12)18(27,19(20,21)22)24-17(26)23-14/h4-8,13-14,27H,1-3H3,(H2,23,24,26)/t13-,14+,18-/m0/s1. The zero-order valence-electron chi connectivity index (χ0n) is 16.6. The van der Waals surface area contributed by atoms with E-state index in [-0.39, 0.29) is 27.7 Å². The molecule has 31 heavy (non-hydrogen) atoms. The number of carbonyl (C=O) groups excluding carboxylic acids is 2. The second-order valence-electron chi connectivity index (χ2n) is 6.62. The van der Waals surface area contributed by atoms with Gasteiger partial charge >= 0.3 is 12.2 Å². The van der Waals surface area contributed by atoms with Gasteiger partial charge in [0.15, 0.2) is 17.3 Å². The van der Waals surface area contributed by atoms with Gasteiger partial charge in [0, 0.05) is 0 Å². The van der Waals surface area contributed by atoms with Crippen molar-refractivity contribution in [2.75, 3.05) is 21.3 Å². The average Bonchev–Trinajstić information content (AvgIpc) is 3.25. The predicted molar refractivity (Wildman–Crippen MR) is 104 cm³/mol. The van der Waals surface area contributed by atoms with Gasteiger partial charge in [-0.1, -0.05) is 6.07 Å². The molecule has 12 heteroatoms. The Hall–Kier alpha value is -2.99. The molecular formula is C19H19F3N2O6S. The lowest BCUT2D eigenvalue weighted by Crippen LogP contribution is -2.72. The van der Waals surface area contributed by atoms with Gasteiger partial charge in [-0.25, -0.2) is 4.79 Å². The third-order valence-electron chi connectivity index (χ3n) is 4.90. The summed E-state index contributed by atoms with van der Waals surface area (Å²) in [6.07, 6.45) is -5.35. The molecule has 1 aliphatic rings. The molecule has 3 rings (SSSR count). The highest BCUT2D eigenvalue weighted by molar-refractivity contribution is 7.12. The van der Waals surface area contributed by atoms with E-state index >= 15 is 0 Å². The van der Waals surface area contributed by atoms with Crippen molar-refractivity contribution in [3.05, 3.63) is 40.1 Å². The van der Waals surface area contributed by atoms with Crippen LogP contribution >= 0.6 is 11.3 Å². The van der Waals surface area contributed by atoms with Gasteiger partial charge < -0.3 is 30.0 Å². The molecule has 1 saturated heterocycles. The van der Waals surface area contributed by atoms with Gasteiger partial charge in [0.25, 0.3) is 0 Å². The highest BCUT2D eigenvalue weighted by atomic mass is 32.1. The Morgan fingerprint density at radius 3 is 2.23 bits per heavy atom. The minimum atomic E-state index is -5.35. The summed E-state index contributed by atoms with van der Waals surface area (Å²) in [5.74, 6) is -2.78. The summed E-state index contributed by atoms with van der Waals surface area (Å²) in [4.78, 5) is 25.2. The van der Waals surface area contributed by atoms with Gasteiger partial charge in [-0.2, -0.15) is 13.2 Å². The number of ketones is 1. The van der Waals surface area contributed by atoms with Crippen LogP contribution in [-0.4, -0.2) is 50.2 Å². The van der Waals surface area contributed by atoms with Crippen LogP contribution in [0.2, 0.25) is 0 Å². The van der Waals surface area contributed by atoms with Crippen molar-refractivity contribution < 1.29 is 42.1 Å². The smallest absolute Gasteiger partial charge is 0.437 e. The van der Waals surface area contributed by atoms with Crippen LogP contribution in [0.4, 0.5) is 18.0 Å². The number of hydrogen-bond donors (Lipinski definition) is 3. The number of rotatable bonds is 6. The number of alkyl halides is 3. The highest BCUT2D eigenvalue weighted by Gasteiger charge is 2.66. The molecule has 0 saturated carbocycles. The number of amides is 2. The Morgan fingerprint density at radius 1 is 1.16 bits per heavy atom. The van der Waals surface area contributed by atoms with Crippen LogP contribution in [-0.2, 0) is 0 Å². The van der Waals surface area contributed by atoms with Crippen LogP contribution in [0.1, 0.15) is 21.3 Å². The van der Waals surface area contributed by atoms with Crippen LogP contribution in [0.3, 0.4) is 0 Å². The largest absolute Gasteiger partial charge is 0.493 e. The fraction of sp³-hybridized carbons (Fsp3) is 0.368. The third kappa shape index (κ3) is 3.88. The lowest BCUT2D eigenvalue weighted by molar-refractivity contribution is -0.287. The second-order valence-corrected chi connectivity index (χ2v) is 7.57. The summed E-state index contributed by atoms with van der Waals surface area (Å²) in [6, 6.07) is 2.59. The van der Waals surface area contributed by atoms with Gasteiger partial charge in [-0.05, 0) is 29.1 Å². The molecule has 0 unspecified atom stereocenters. The zero-order valence-corrected chi connectivity index (χ0v) is 17.4. The normalized spacial score (nSPS) is 23.5. The van der Waals surface area contributed by atoms with Gasteiger partial charge in [-0.3, -0.25) is 4.79 Å². The van der Waals surface area contributed by atoms with E-state index in [1.54, 1.807) is 0 Å². The lowest BCUT2D eigenvalue weighted by atomic mass is 9.78. The Morgan fingerprint density at radius 2 is 1.77 bits per heavy atom. The van der Waals surface area contributed by atoms with Gasteiger partial charge in [0.1, 0.15) is 5.92 Å². The Bertz CT molecular complexity index is 957. The van der Waals surface area contributed by atoms with Crippen molar-refractivity contribution in [2.24, 2.45) is 5.92 Å². The van der Waals surface area contributed by atoms with Crippen LogP contribution < -0.4 is 24.8 Å². The molecule has 1 aromatic carbocycles. The van der Waals surface area contributed by atoms with Crippen molar-refractivity contribution in [3.8, 4) is 17.2 Å². The summed E-state index contributed by atoms with van der Waals surface area (Å²) >= 11 is 0.918. The number of thiophene rings is 1. The molecule has 0 bridgehead atoms. The molecule has 3 atom stereocenters. The highest BCUT2D eigenvalue weighted by Crippen LogP contribution is 2.47. The zero-order chi connectivity index (χ0) is 23.0. The maximum atomic E-state index is 13.9. The van der Waals surface area contributed by atoms with E-state index in [0.717, 1.165) is 11.3 Å². The molecule has 1 fully saturated rings. The van der Waals surface area contributed by atoms with E-state index in [2.05, 4.69) is 5.32 Å². The Kier molecular flexibility index (Phi) is 6.05. The molecule has 1 aliphatic heterocycles.